The molecule has 108 valence electrons. The van der Waals surface area contributed by atoms with Crippen LogP contribution >= 0.6 is 0 Å². The van der Waals surface area contributed by atoms with E-state index in [9.17, 15) is 19.3 Å². The lowest BCUT2D eigenvalue weighted by Crippen LogP contribution is -1.97. The Hall–Kier alpha value is -2.76. The highest BCUT2D eigenvalue weighted by Crippen LogP contribution is 2.36. The Balaban J connectivity index is 2.51. The van der Waals surface area contributed by atoms with Crippen molar-refractivity contribution in [2.45, 2.75) is 13.8 Å². The Morgan fingerprint density at radius 1 is 1.19 bits per heavy atom. The Bertz CT molecular complexity index is 728. The lowest BCUT2D eigenvalue weighted by molar-refractivity contribution is -0.385. The fraction of sp³-hybridized carbons (Fsp3) is 0.133. The molecule has 0 aromatic heterocycles. The van der Waals surface area contributed by atoms with Crippen molar-refractivity contribution in [3.8, 4) is 11.5 Å². The van der Waals surface area contributed by atoms with E-state index in [0.717, 1.165) is 17.7 Å². The van der Waals surface area contributed by atoms with Crippen LogP contribution < -0.4 is 4.74 Å². The fourth-order valence-electron chi connectivity index (χ4n) is 2.03. The summed E-state index contributed by atoms with van der Waals surface area (Å²) in [6.45, 7) is 3.39. The van der Waals surface area contributed by atoms with Crippen LogP contribution in [0.4, 0.5) is 10.1 Å². The molecule has 21 heavy (non-hydrogen) atoms. The van der Waals surface area contributed by atoms with Crippen LogP contribution in [-0.4, -0.2) is 11.2 Å². The van der Waals surface area contributed by atoms with Gasteiger partial charge in [0.15, 0.2) is 0 Å². The van der Waals surface area contributed by atoms with Crippen molar-refractivity contribution in [3.63, 3.8) is 0 Å². The molecule has 0 fully saturated rings. The number of carbonyl (C=O) groups is 1. The number of nitro benzene ring substituents is 1. The number of nitro groups is 1. The van der Waals surface area contributed by atoms with Gasteiger partial charge in [-0.25, -0.2) is 4.39 Å². The summed E-state index contributed by atoms with van der Waals surface area (Å²) in [6, 6.07) is 6.54. The van der Waals surface area contributed by atoms with Gasteiger partial charge in [-0.15, -0.1) is 0 Å². The summed E-state index contributed by atoms with van der Waals surface area (Å²) in [6.07, 6.45) is 0.479. The molecule has 6 heteroatoms. The van der Waals surface area contributed by atoms with E-state index in [1.807, 2.05) is 0 Å². The summed E-state index contributed by atoms with van der Waals surface area (Å²) in [7, 11) is 0. The number of hydrogen-bond donors (Lipinski definition) is 0. The first kappa shape index (κ1) is 14.6. The van der Waals surface area contributed by atoms with E-state index in [1.54, 1.807) is 19.9 Å². The number of aryl methyl sites for hydroxylation is 2. The number of nitrogens with zero attached hydrogens (tertiary/aromatic N) is 1. The zero-order valence-corrected chi connectivity index (χ0v) is 11.4. The van der Waals surface area contributed by atoms with E-state index < -0.39 is 10.7 Å². The van der Waals surface area contributed by atoms with E-state index in [4.69, 9.17) is 4.74 Å². The molecule has 0 N–H and O–H groups in total. The first-order valence-corrected chi connectivity index (χ1v) is 6.10. The summed E-state index contributed by atoms with van der Waals surface area (Å²) in [5.74, 6) is -0.581. The summed E-state index contributed by atoms with van der Waals surface area (Å²) < 4.78 is 18.8. The smallest absolute Gasteiger partial charge is 0.312 e. The lowest BCUT2D eigenvalue weighted by atomic mass is 10.1. The monoisotopic (exact) mass is 289 g/mol. The highest BCUT2D eigenvalue weighted by atomic mass is 19.1. The molecule has 0 aliphatic carbocycles. The Morgan fingerprint density at radius 2 is 1.90 bits per heavy atom. The van der Waals surface area contributed by atoms with Crippen LogP contribution in [-0.2, 0) is 0 Å². The summed E-state index contributed by atoms with van der Waals surface area (Å²) in [5.41, 5.74) is 1.17. The van der Waals surface area contributed by atoms with E-state index in [-0.39, 0.29) is 22.7 Å². The van der Waals surface area contributed by atoms with Crippen molar-refractivity contribution < 1.29 is 18.8 Å². The van der Waals surface area contributed by atoms with Gasteiger partial charge in [0.05, 0.1) is 4.92 Å². The molecule has 2 aromatic carbocycles. The predicted molar refractivity (Wildman–Crippen MR) is 74.4 cm³/mol. The second-order valence-corrected chi connectivity index (χ2v) is 4.63. The van der Waals surface area contributed by atoms with Gasteiger partial charge >= 0.3 is 5.69 Å². The molecule has 0 unspecified atom stereocenters. The molecular weight excluding hydrogens is 277 g/mol. The molecule has 0 heterocycles. The fourth-order valence-corrected chi connectivity index (χ4v) is 2.03. The molecule has 2 aromatic rings. The van der Waals surface area contributed by atoms with Crippen molar-refractivity contribution in [1.29, 1.82) is 0 Å². The van der Waals surface area contributed by atoms with Crippen LogP contribution in [0.2, 0.25) is 0 Å². The number of hydrogen-bond acceptors (Lipinski definition) is 4. The minimum Gasteiger partial charge on any atom is -0.450 e. The van der Waals surface area contributed by atoms with Gasteiger partial charge in [0, 0.05) is 17.7 Å². The first-order valence-electron chi connectivity index (χ1n) is 6.10. The molecule has 5 nitrogen and oxygen atoms in total. The van der Waals surface area contributed by atoms with Crippen LogP contribution in [0.1, 0.15) is 21.5 Å². The third-order valence-electron chi connectivity index (χ3n) is 2.85. The average molecular weight is 289 g/mol. The van der Waals surface area contributed by atoms with Gasteiger partial charge in [0.25, 0.3) is 0 Å². The summed E-state index contributed by atoms with van der Waals surface area (Å²) in [5, 5.41) is 11.1. The van der Waals surface area contributed by atoms with Gasteiger partial charge in [0.2, 0.25) is 5.75 Å². The van der Waals surface area contributed by atoms with Crippen LogP contribution in [0, 0.1) is 29.8 Å². The standard InChI is InChI=1S/C15H12FNO4/c1-9-3-10(2)15(14(4-9)17(19)20)21-13-6-11(8-18)5-12(16)7-13/h3-8H,1-2H3. The molecule has 0 bridgehead atoms. The molecular formula is C15H12FNO4. The van der Waals surface area contributed by atoms with Crippen LogP contribution in [0.15, 0.2) is 30.3 Å². The quantitative estimate of drug-likeness (QED) is 0.485. The Kier molecular flexibility index (Phi) is 3.98. The van der Waals surface area contributed by atoms with Gasteiger partial charge in [-0.1, -0.05) is 6.07 Å². The van der Waals surface area contributed by atoms with Crippen LogP contribution in [0.5, 0.6) is 11.5 Å². The van der Waals surface area contributed by atoms with Crippen molar-refractivity contribution in [3.05, 3.63) is 63.0 Å². The number of aldehydes is 1. The van der Waals surface area contributed by atoms with Crippen molar-refractivity contribution >= 4 is 12.0 Å². The highest BCUT2D eigenvalue weighted by Gasteiger charge is 2.19. The maximum absolute atomic E-state index is 13.4. The average Bonchev–Trinajstić information content (AvgIpc) is 2.40. The maximum Gasteiger partial charge on any atom is 0.312 e. The zero-order valence-electron chi connectivity index (χ0n) is 11.4. The van der Waals surface area contributed by atoms with E-state index >= 15 is 0 Å². The van der Waals surface area contributed by atoms with Crippen molar-refractivity contribution in [2.24, 2.45) is 0 Å². The largest absolute Gasteiger partial charge is 0.450 e. The Morgan fingerprint density at radius 3 is 2.52 bits per heavy atom. The molecule has 0 atom stereocenters. The molecule has 0 aliphatic rings. The minimum atomic E-state index is -0.651. The second kappa shape index (κ2) is 5.70. The number of ether oxygens (including phenoxy) is 1. The molecule has 0 saturated heterocycles. The van der Waals surface area contributed by atoms with Gasteiger partial charge in [-0.05, 0) is 37.1 Å². The molecule has 0 amide bonds. The molecule has 0 saturated carbocycles. The normalized spacial score (nSPS) is 10.2. The number of carbonyl (C=O) groups excluding carboxylic acids is 1. The maximum atomic E-state index is 13.4. The first-order chi connectivity index (χ1) is 9.90. The van der Waals surface area contributed by atoms with E-state index in [1.165, 1.54) is 12.1 Å². The third-order valence-corrected chi connectivity index (χ3v) is 2.85. The number of benzene rings is 2. The predicted octanol–water partition coefficient (Wildman–Crippen LogP) is 3.96. The van der Waals surface area contributed by atoms with Gasteiger partial charge in [0.1, 0.15) is 17.9 Å². The van der Waals surface area contributed by atoms with Crippen molar-refractivity contribution in [2.75, 3.05) is 0 Å². The Labute approximate surface area is 120 Å². The van der Waals surface area contributed by atoms with E-state index in [2.05, 4.69) is 0 Å². The van der Waals surface area contributed by atoms with Crippen molar-refractivity contribution in [1.82, 2.24) is 0 Å². The minimum absolute atomic E-state index is 0.0344. The molecule has 2 rings (SSSR count). The lowest BCUT2D eigenvalue weighted by Gasteiger charge is -2.10. The van der Waals surface area contributed by atoms with E-state index in [0.29, 0.717) is 11.8 Å². The van der Waals surface area contributed by atoms with Gasteiger partial charge < -0.3 is 4.74 Å². The summed E-state index contributed by atoms with van der Waals surface area (Å²) in [4.78, 5) is 21.3. The van der Waals surface area contributed by atoms with Gasteiger partial charge in [-0.3, -0.25) is 14.9 Å². The van der Waals surface area contributed by atoms with Crippen LogP contribution in [0.25, 0.3) is 0 Å². The SMILES string of the molecule is Cc1cc(C)c(Oc2cc(F)cc(C=O)c2)c([N+](=O)[O-])c1. The molecule has 0 radical (unpaired) electrons. The highest BCUT2D eigenvalue weighted by molar-refractivity contribution is 5.75. The van der Waals surface area contributed by atoms with Gasteiger partial charge in [-0.2, -0.15) is 0 Å². The third kappa shape index (κ3) is 3.22. The molecule has 0 spiro atoms. The zero-order chi connectivity index (χ0) is 15.6. The molecule has 0 aliphatic heterocycles. The topological polar surface area (TPSA) is 69.4 Å². The second-order valence-electron chi connectivity index (χ2n) is 4.63. The summed E-state index contributed by atoms with van der Waals surface area (Å²) >= 11 is 0. The number of rotatable bonds is 4. The van der Waals surface area contributed by atoms with Crippen LogP contribution in [0.3, 0.4) is 0 Å². The number of halogens is 1.